The number of aromatic nitrogens is 1. The first-order valence-electron chi connectivity index (χ1n) is 8.35. The summed E-state index contributed by atoms with van der Waals surface area (Å²) in [5.74, 6) is 0. The van der Waals surface area contributed by atoms with Crippen molar-refractivity contribution in [2.24, 2.45) is 0 Å². The van der Waals surface area contributed by atoms with Crippen molar-refractivity contribution in [1.29, 1.82) is 0 Å². The van der Waals surface area contributed by atoms with Crippen molar-refractivity contribution in [3.05, 3.63) is 59.1 Å². The average Bonchev–Trinajstić information content (AvgIpc) is 2.90. The quantitative estimate of drug-likeness (QED) is 0.715. The molecule has 1 aliphatic heterocycles. The molecule has 0 spiro atoms. The van der Waals surface area contributed by atoms with Gasteiger partial charge in [0.2, 0.25) is 0 Å². The lowest BCUT2D eigenvalue weighted by molar-refractivity contribution is 0.285. The van der Waals surface area contributed by atoms with Crippen LogP contribution in [0.15, 0.2) is 52.9 Å². The van der Waals surface area contributed by atoms with E-state index in [0.717, 1.165) is 61.3 Å². The Bertz CT molecular complexity index is 782. The lowest BCUT2D eigenvalue weighted by Gasteiger charge is -2.20. The van der Waals surface area contributed by atoms with Gasteiger partial charge in [-0.3, -0.25) is 4.90 Å². The third-order valence-electron chi connectivity index (χ3n) is 4.46. The van der Waals surface area contributed by atoms with E-state index >= 15 is 0 Å². The highest BCUT2D eigenvalue weighted by Gasteiger charge is 2.19. The first-order chi connectivity index (χ1) is 11.8. The van der Waals surface area contributed by atoms with E-state index in [1.165, 1.54) is 5.56 Å². The number of anilines is 1. The SMILES string of the molecule is Clc1ccc(CN2CCCN(c3nc4ccccc4o3)CC2)cc1. The van der Waals surface area contributed by atoms with E-state index in [-0.39, 0.29) is 0 Å². The first-order valence-corrected chi connectivity index (χ1v) is 8.73. The number of rotatable bonds is 3. The van der Waals surface area contributed by atoms with Crippen molar-refractivity contribution in [1.82, 2.24) is 9.88 Å². The van der Waals surface area contributed by atoms with E-state index in [4.69, 9.17) is 16.0 Å². The van der Waals surface area contributed by atoms with Gasteiger partial charge in [0.15, 0.2) is 5.58 Å². The number of hydrogen-bond donors (Lipinski definition) is 0. The molecule has 124 valence electrons. The van der Waals surface area contributed by atoms with E-state index in [9.17, 15) is 0 Å². The van der Waals surface area contributed by atoms with Gasteiger partial charge in [-0.15, -0.1) is 0 Å². The largest absolute Gasteiger partial charge is 0.423 e. The van der Waals surface area contributed by atoms with Gasteiger partial charge in [-0.25, -0.2) is 0 Å². The molecule has 0 radical (unpaired) electrons. The predicted molar refractivity (Wildman–Crippen MR) is 97.6 cm³/mol. The topological polar surface area (TPSA) is 32.5 Å². The summed E-state index contributed by atoms with van der Waals surface area (Å²) < 4.78 is 5.91. The Morgan fingerprint density at radius 3 is 2.62 bits per heavy atom. The van der Waals surface area contributed by atoms with Gasteiger partial charge < -0.3 is 9.32 Å². The minimum Gasteiger partial charge on any atom is -0.423 e. The summed E-state index contributed by atoms with van der Waals surface area (Å²) in [6.07, 6.45) is 1.10. The molecule has 2 aromatic carbocycles. The van der Waals surface area contributed by atoms with Crippen LogP contribution in [0, 0.1) is 0 Å². The van der Waals surface area contributed by atoms with Crippen LogP contribution in [-0.4, -0.2) is 36.1 Å². The Labute approximate surface area is 146 Å². The summed E-state index contributed by atoms with van der Waals surface area (Å²) in [5, 5.41) is 0.789. The smallest absolute Gasteiger partial charge is 0.298 e. The van der Waals surface area contributed by atoms with Crippen molar-refractivity contribution >= 4 is 28.7 Å². The Kier molecular flexibility index (Phi) is 4.41. The molecule has 0 amide bonds. The zero-order chi connectivity index (χ0) is 16.4. The molecule has 3 aromatic rings. The van der Waals surface area contributed by atoms with Crippen LogP contribution in [0.1, 0.15) is 12.0 Å². The van der Waals surface area contributed by atoms with Gasteiger partial charge in [-0.2, -0.15) is 4.98 Å². The maximum absolute atomic E-state index is 5.96. The number of benzene rings is 2. The summed E-state index contributed by atoms with van der Waals surface area (Å²) in [6, 6.07) is 16.8. The molecule has 0 saturated carbocycles. The zero-order valence-electron chi connectivity index (χ0n) is 13.5. The van der Waals surface area contributed by atoms with Gasteiger partial charge in [-0.05, 0) is 36.2 Å². The maximum atomic E-state index is 5.96. The molecule has 0 N–H and O–H groups in total. The number of halogens is 1. The van der Waals surface area contributed by atoms with Gasteiger partial charge in [0.1, 0.15) is 5.52 Å². The predicted octanol–water partition coefficient (Wildman–Crippen LogP) is 4.19. The molecular formula is C19H20ClN3O. The second kappa shape index (κ2) is 6.83. The molecule has 1 saturated heterocycles. The fourth-order valence-electron chi connectivity index (χ4n) is 3.16. The molecule has 1 aromatic heterocycles. The van der Waals surface area contributed by atoms with Gasteiger partial charge in [0.05, 0.1) is 0 Å². The monoisotopic (exact) mass is 341 g/mol. The number of nitrogens with zero attached hydrogens (tertiary/aromatic N) is 3. The summed E-state index contributed by atoms with van der Waals surface area (Å²) in [4.78, 5) is 9.35. The highest BCUT2D eigenvalue weighted by molar-refractivity contribution is 6.30. The molecule has 2 heterocycles. The van der Waals surface area contributed by atoms with Crippen LogP contribution in [0.25, 0.3) is 11.1 Å². The van der Waals surface area contributed by atoms with Gasteiger partial charge in [0, 0.05) is 37.7 Å². The van der Waals surface area contributed by atoms with Crippen LogP contribution < -0.4 is 4.90 Å². The molecular weight excluding hydrogens is 322 g/mol. The third-order valence-corrected chi connectivity index (χ3v) is 4.71. The van der Waals surface area contributed by atoms with E-state index in [1.54, 1.807) is 0 Å². The highest BCUT2D eigenvalue weighted by atomic mass is 35.5. The Balaban J connectivity index is 1.43. The number of fused-ring (bicyclic) bond motifs is 1. The number of hydrogen-bond acceptors (Lipinski definition) is 4. The van der Waals surface area contributed by atoms with Gasteiger partial charge in [0.25, 0.3) is 6.01 Å². The number of oxazole rings is 1. The van der Waals surface area contributed by atoms with Crippen molar-refractivity contribution < 1.29 is 4.42 Å². The van der Waals surface area contributed by atoms with Crippen LogP contribution >= 0.6 is 11.6 Å². The summed E-state index contributed by atoms with van der Waals surface area (Å²) in [5.41, 5.74) is 3.08. The van der Waals surface area contributed by atoms with Crippen LogP contribution in [0.5, 0.6) is 0 Å². The van der Waals surface area contributed by atoms with Crippen LogP contribution in [0.4, 0.5) is 6.01 Å². The van der Waals surface area contributed by atoms with Crippen molar-refractivity contribution in [2.45, 2.75) is 13.0 Å². The second-order valence-electron chi connectivity index (χ2n) is 6.21. The molecule has 1 fully saturated rings. The summed E-state index contributed by atoms with van der Waals surface area (Å²) in [7, 11) is 0. The summed E-state index contributed by atoms with van der Waals surface area (Å²) in [6.45, 7) is 4.95. The normalized spacial score (nSPS) is 16.5. The minimum atomic E-state index is 0.740. The lowest BCUT2D eigenvalue weighted by atomic mass is 10.2. The molecule has 4 nitrogen and oxygen atoms in total. The van der Waals surface area contributed by atoms with E-state index in [2.05, 4.69) is 26.9 Å². The fraction of sp³-hybridized carbons (Fsp3) is 0.316. The number of para-hydroxylation sites is 2. The third kappa shape index (κ3) is 3.40. The van der Waals surface area contributed by atoms with Crippen molar-refractivity contribution in [3.63, 3.8) is 0 Å². The molecule has 0 unspecified atom stereocenters. The molecule has 0 aliphatic carbocycles. The Morgan fingerprint density at radius 1 is 0.958 bits per heavy atom. The summed E-state index contributed by atoms with van der Waals surface area (Å²) >= 11 is 5.96. The zero-order valence-corrected chi connectivity index (χ0v) is 14.2. The Hall–Kier alpha value is -2.04. The standard InChI is InChI=1S/C19H20ClN3O/c20-16-8-6-15(7-9-16)14-22-10-3-11-23(13-12-22)19-21-17-4-1-2-5-18(17)24-19/h1-2,4-9H,3,10-14H2. The molecule has 0 bridgehead atoms. The Morgan fingerprint density at radius 2 is 1.79 bits per heavy atom. The van der Waals surface area contributed by atoms with E-state index in [1.807, 2.05) is 36.4 Å². The van der Waals surface area contributed by atoms with Gasteiger partial charge >= 0.3 is 0 Å². The molecule has 4 rings (SSSR count). The first kappa shape index (κ1) is 15.5. The van der Waals surface area contributed by atoms with Crippen LogP contribution in [0.2, 0.25) is 5.02 Å². The second-order valence-corrected chi connectivity index (χ2v) is 6.64. The highest BCUT2D eigenvalue weighted by Crippen LogP contribution is 2.23. The van der Waals surface area contributed by atoms with Crippen molar-refractivity contribution in [3.8, 4) is 0 Å². The van der Waals surface area contributed by atoms with Crippen LogP contribution in [0.3, 0.4) is 0 Å². The van der Waals surface area contributed by atoms with E-state index < -0.39 is 0 Å². The molecule has 1 aliphatic rings. The molecule has 0 atom stereocenters. The minimum absolute atomic E-state index is 0.740. The van der Waals surface area contributed by atoms with E-state index in [0.29, 0.717) is 0 Å². The van der Waals surface area contributed by atoms with Gasteiger partial charge in [-0.1, -0.05) is 35.9 Å². The van der Waals surface area contributed by atoms with Crippen molar-refractivity contribution in [2.75, 3.05) is 31.1 Å². The average molecular weight is 342 g/mol. The fourth-order valence-corrected chi connectivity index (χ4v) is 3.29. The molecule has 5 heteroatoms. The lowest BCUT2D eigenvalue weighted by Crippen LogP contribution is -2.30. The van der Waals surface area contributed by atoms with Crippen LogP contribution in [-0.2, 0) is 6.54 Å². The molecule has 24 heavy (non-hydrogen) atoms. The maximum Gasteiger partial charge on any atom is 0.298 e.